The topological polar surface area (TPSA) is 46.5 Å². The number of aliphatic carboxylic acids is 1. The number of carboxylic acid groups (broad SMARTS) is 1. The molecule has 0 saturated heterocycles. The predicted octanol–water partition coefficient (Wildman–Crippen LogP) is 2.15. The van der Waals surface area contributed by atoms with Gasteiger partial charge in [-0.2, -0.15) is 13.2 Å². The zero-order chi connectivity index (χ0) is 10.3. The monoisotopic (exact) mass is 310 g/mol. The molecule has 0 unspecified atom stereocenters. The van der Waals surface area contributed by atoms with Crippen molar-refractivity contribution in [3.8, 4) is 0 Å². The molecular weight excluding hydrogens is 304 g/mol. The normalized spacial score (nSPS) is 34.0. The number of rotatable bonds is 2. The first kappa shape index (κ1) is 11.0. The third-order valence-corrected chi connectivity index (χ3v) is 3.01. The average molecular weight is 310 g/mol. The van der Waals surface area contributed by atoms with Gasteiger partial charge in [-0.1, -0.05) is 0 Å². The van der Waals surface area contributed by atoms with E-state index in [9.17, 15) is 18.0 Å². The smallest absolute Gasteiger partial charge is 0.418 e. The molecule has 1 saturated carbocycles. The molecule has 0 aromatic carbocycles. The molecule has 0 bridgehead atoms. The minimum atomic E-state index is -4.49. The molecule has 0 spiro atoms. The Morgan fingerprint density at radius 2 is 2.00 bits per heavy atom. The van der Waals surface area contributed by atoms with E-state index in [1.807, 2.05) is 0 Å². The van der Waals surface area contributed by atoms with Crippen molar-refractivity contribution in [2.45, 2.75) is 24.6 Å². The standard InChI is InChI=1S/C6H6F3IO3/c7-6(8,9)5(13-10)1-3(2-5)4(11)12/h3H,1-2H2,(H,11,12). The van der Waals surface area contributed by atoms with E-state index in [4.69, 9.17) is 5.11 Å². The van der Waals surface area contributed by atoms with Crippen molar-refractivity contribution in [2.24, 2.45) is 5.92 Å². The van der Waals surface area contributed by atoms with Gasteiger partial charge in [0, 0.05) is 0 Å². The fourth-order valence-electron chi connectivity index (χ4n) is 1.25. The number of hydrogen-bond donors (Lipinski definition) is 1. The Bertz CT molecular complexity index is 222. The first-order valence-electron chi connectivity index (χ1n) is 3.42. The van der Waals surface area contributed by atoms with Crippen molar-refractivity contribution in [2.75, 3.05) is 0 Å². The molecule has 0 aromatic rings. The lowest BCUT2D eigenvalue weighted by Gasteiger charge is -2.44. The van der Waals surface area contributed by atoms with E-state index in [0.29, 0.717) is 0 Å². The molecule has 0 radical (unpaired) electrons. The van der Waals surface area contributed by atoms with E-state index < -0.39 is 36.5 Å². The van der Waals surface area contributed by atoms with Crippen LogP contribution in [0.25, 0.3) is 0 Å². The van der Waals surface area contributed by atoms with E-state index in [1.165, 1.54) is 0 Å². The maximum absolute atomic E-state index is 12.3. The highest BCUT2D eigenvalue weighted by Crippen LogP contribution is 2.52. The second-order valence-electron chi connectivity index (χ2n) is 3.01. The average Bonchev–Trinajstić information content (AvgIpc) is 1.81. The molecule has 1 fully saturated rings. The summed E-state index contributed by atoms with van der Waals surface area (Å²) in [6.45, 7) is 0. The molecule has 3 nitrogen and oxygen atoms in total. The molecule has 1 N–H and O–H groups in total. The van der Waals surface area contributed by atoms with Crippen LogP contribution in [-0.2, 0) is 7.86 Å². The van der Waals surface area contributed by atoms with Crippen molar-refractivity contribution in [1.82, 2.24) is 0 Å². The van der Waals surface area contributed by atoms with Crippen LogP contribution in [0, 0.1) is 5.92 Å². The maximum Gasteiger partial charge on any atom is 0.418 e. The third kappa shape index (κ3) is 1.76. The second-order valence-corrected chi connectivity index (χ2v) is 3.45. The number of halogens is 4. The summed E-state index contributed by atoms with van der Waals surface area (Å²) in [6.07, 6.45) is -5.47. The summed E-state index contributed by atoms with van der Waals surface area (Å²) >= 11 is 1.16. The minimum Gasteiger partial charge on any atom is -0.481 e. The van der Waals surface area contributed by atoms with Gasteiger partial charge >= 0.3 is 12.1 Å². The SMILES string of the molecule is O=C(O)C1CC(OI)(C(F)(F)F)C1. The number of carbonyl (C=O) groups is 1. The van der Waals surface area contributed by atoms with Gasteiger partial charge in [0.05, 0.1) is 5.92 Å². The highest BCUT2D eigenvalue weighted by Gasteiger charge is 2.65. The summed E-state index contributed by atoms with van der Waals surface area (Å²) in [5, 5.41) is 8.40. The van der Waals surface area contributed by atoms with Gasteiger partial charge in [0.1, 0.15) is 23.0 Å². The molecule has 13 heavy (non-hydrogen) atoms. The summed E-state index contributed by atoms with van der Waals surface area (Å²) in [7, 11) is 0. The highest BCUT2D eigenvalue weighted by molar-refractivity contribution is 14.1. The van der Waals surface area contributed by atoms with E-state index in [0.717, 1.165) is 23.0 Å². The van der Waals surface area contributed by atoms with Crippen LogP contribution in [0.2, 0.25) is 0 Å². The highest BCUT2D eigenvalue weighted by atomic mass is 127. The van der Waals surface area contributed by atoms with Gasteiger partial charge in [0.25, 0.3) is 0 Å². The maximum atomic E-state index is 12.3. The second kappa shape index (κ2) is 3.26. The van der Waals surface area contributed by atoms with Gasteiger partial charge in [-0.15, -0.1) is 0 Å². The van der Waals surface area contributed by atoms with Crippen LogP contribution in [0.1, 0.15) is 12.8 Å². The summed E-state index contributed by atoms with van der Waals surface area (Å²) in [6, 6.07) is 0. The molecule has 0 amide bonds. The Kier molecular flexibility index (Phi) is 2.77. The van der Waals surface area contributed by atoms with Gasteiger partial charge in [0.2, 0.25) is 0 Å². The lowest BCUT2D eigenvalue weighted by atomic mass is 9.70. The Hall–Kier alpha value is -0.0500. The van der Waals surface area contributed by atoms with E-state index in [-0.39, 0.29) is 0 Å². The Morgan fingerprint density at radius 1 is 1.54 bits per heavy atom. The van der Waals surface area contributed by atoms with Gasteiger partial charge in [-0.25, -0.2) is 0 Å². The van der Waals surface area contributed by atoms with Crippen molar-refractivity contribution in [3.63, 3.8) is 0 Å². The molecule has 0 aromatic heterocycles. The van der Waals surface area contributed by atoms with Crippen LogP contribution >= 0.6 is 23.0 Å². The van der Waals surface area contributed by atoms with Gasteiger partial charge in [-0.3, -0.25) is 7.86 Å². The Morgan fingerprint density at radius 3 is 2.23 bits per heavy atom. The summed E-state index contributed by atoms with van der Waals surface area (Å²) in [5.41, 5.74) is -2.24. The van der Waals surface area contributed by atoms with E-state index >= 15 is 0 Å². The minimum absolute atomic E-state index is 0.491. The molecule has 7 heteroatoms. The van der Waals surface area contributed by atoms with Crippen LogP contribution in [0.15, 0.2) is 0 Å². The first-order valence-corrected chi connectivity index (χ1v) is 4.30. The molecule has 0 atom stereocenters. The largest absolute Gasteiger partial charge is 0.481 e. The molecule has 0 heterocycles. The summed E-state index contributed by atoms with van der Waals surface area (Å²) < 4.78 is 41.1. The van der Waals surface area contributed by atoms with Crippen LogP contribution in [0.4, 0.5) is 13.2 Å². The van der Waals surface area contributed by atoms with Gasteiger partial charge in [0.15, 0.2) is 5.60 Å². The molecule has 1 rings (SSSR count). The number of carboxylic acids is 1. The quantitative estimate of drug-likeness (QED) is 0.795. The Balaban J connectivity index is 2.66. The van der Waals surface area contributed by atoms with E-state index in [2.05, 4.69) is 3.07 Å². The predicted molar refractivity (Wildman–Crippen MR) is 44.3 cm³/mol. The molecular formula is C6H6F3IO3. The third-order valence-electron chi connectivity index (χ3n) is 2.17. The van der Waals surface area contributed by atoms with Gasteiger partial charge < -0.3 is 5.11 Å². The molecule has 1 aliphatic rings. The van der Waals surface area contributed by atoms with Crippen molar-refractivity contribution in [3.05, 3.63) is 0 Å². The van der Waals surface area contributed by atoms with Crippen LogP contribution < -0.4 is 0 Å². The van der Waals surface area contributed by atoms with Crippen molar-refractivity contribution < 1.29 is 26.1 Å². The fourth-order valence-corrected chi connectivity index (χ4v) is 1.86. The first-order chi connectivity index (χ1) is 5.82. The van der Waals surface area contributed by atoms with Crippen LogP contribution in [0.3, 0.4) is 0 Å². The molecule has 1 aliphatic carbocycles. The van der Waals surface area contributed by atoms with Crippen molar-refractivity contribution >= 4 is 29.0 Å². The Labute approximate surface area is 85.9 Å². The lowest BCUT2D eigenvalue weighted by Crippen LogP contribution is -2.57. The number of hydrogen-bond acceptors (Lipinski definition) is 2. The van der Waals surface area contributed by atoms with Crippen LogP contribution in [0.5, 0.6) is 0 Å². The summed E-state index contributed by atoms with van der Waals surface area (Å²) in [5.74, 6) is -2.13. The zero-order valence-electron chi connectivity index (χ0n) is 6.27. The molecule has 76 valence electrons. The van der Waals surface area contributed by atoms with Gasteiger partial charge in [-0.05, 0) is 12.8 Å². The number of alkyl halides is 3. The lowest BCUT2D eigenvalue weighted by molar-refractivity contribution is -0.275. The molecule has 0 aliphatic heterocycles. The van der Waals surface area contributed by atoms with E-state index in [1.54, 1.807) is 0 Å². The van der Waals surface area contributed by atoms with Crippen LogP contribution in [-0.4, -0.2) is 22.9 Å². The zero-order valence-corrected chi connectivity index (χ0v) is 8.42. The van der Waals surface area contributed by atoms with Crippen molar-refractivity contribution in [1.29, 1.82) is 0 Å². The fraction of sp³-hybridized carbons (Fsp3) is 0.833. The summed E-state index contributed by atoms with van der Waals surface area (Å²) in [4.78, 5) is 10.3.